The normalized spacial score (nSPS) is 24.2. The van der Waals surface area contributed by atoms with Crippen molar-refractivity contribution in [3.63, 3.8) is 0 Å². The van der Waals surface area contributed by atoms with Crippen LogP contribution < -0.4 is 5.73 Å². The lowest BCUT2D eigenvalue weighted by Gasteiger charge is -2.29. The second kappa shape index (κ2) is 3.92. The lowest BCUT2D eigenvalue weighted by Crippen LogP contribution is -2.45. The largest absolute Gasteiger partial charge is 0.327 e. The number of aromatic nitrogens is 2. The molecule has 1 atom stereocenters. The molecule has 0 bridgehead atoms. The molecule has 1 aliphatic heterocycles. The summed E-state index contributed by atoms with van der Waals surface area (Å²) in [6.07, 6.45) is 3.13. The predicted molar refractivity (Wildman–Crippen MR) is 54.6 cm³/mol. The minimum Gasteiger partial charge on any atom is -0.327 e. The first-order chi connectivity index (χ1) is 7.10. The van der Waals surface area contributed by atoms with Crippen molar-refractivity contribution in [1.82, 2.24) is 14.5 Å². The molecule has 0 unspecified atom stereocenters. The zero-order chi connectivity index (χ0) is 10.9. The van der Waals surface area contributed by atoms with Crippen molar-refractivity contribution in [2.75, 3.05) is 13.1 Å². The molecule has 0 spiro atoms. The number of sulfonamides is 1. The van der Waals surface area contributed by atoms with Crippen LogP contribution in [-0.4, -0.2) is 42.1 Å². The Morgan fingerprint density at radius 3 is 3.00 bits per heavy atom. The monoisotopic (exact) mass is 230 g/mol. The third kappa shape index (κ3) is 2.04. The zero-order valence-electron chi connectivity index (χ0n) is 8.26. The Hall–Kier alpha value is -0.920. The van der Waals surface area contributed by atoms with E-state index in [2.05, 4.69) is 10.2 Å². The van der Waals surface area contributed by atoms with Crippen molar-refractivity contribution < 1.29 is 8.42 Å². The molecule has 1 saturated heterocycles. The fourth-order valence-electron chi connectivity index (χ4n) is 1.72. The van der Waals surface area contributed by atoms with E-state index in [0.29, 0.717) is 13.1 Å². The third-order valence-corrected chi connectivity index (χ3v) is 4.31. The Morgan fingerprint density at radius 1 is 1.60 bits per heavy atom. The first-order valence-electron chi connectivity index (χ1n) is 4.86. The molecule has 0 aliphatic carbocycles. The average Bonchev–Trinajstić information content (AvgIpc) is 2.71. The van der Waals surface area contributed by atoms with Gasteiger partial charge in [-0.1, -0.05) is 0 Å². The highest BCUT2D eigenvalue weighted by Crippen LogP contribution is 2.17. The zero-order valence-corrected chi connectivity index (χ0v) is 9.07. The maximum atomic E-state index is 12.0. The van der Waals surface area contributed by atoms with E-state index in [9.17, 15) is 8.42 Å². The molecule has 2 rings (SSSR count). The van der Waals surface area contributed by atoms with Gasteiger partial charge in [-0.15, -0.1) is 0 Å². The Kier molecular flexibility index (Phi) is 2.76. The van der Waals surface area contributed by atoms with Gasteiger partial charge in [0.2, 0.25) is 0 Å². The smallest absolute Gasteiger partial charge is 0.260 e. The number of nitrogens with zero attached hydrogens (tertiary/aromatic N) is 2. The molecule has 3 N–H and O–H groups in total. The molecule has 15 heavy (non-hydrogen) atoms. The van der Waals surface area contributed by atoms with Gasteiger partial charge in [-0.2, -0.15) is 9.40 Å². The van der Waals surface area contributed by atoms with Crippen molar-refractivity contribution in [2.24, 2.45) is 5.73 Å². The highest BCUT2D eigenvalue weighted by atomic mass is 32.2. The standard InChI is InChI=1S/C8H14N4O2S/c9-7-2-1-5-12(6-7)15(13,14)8-3-4-10-11-8/h3-4,7H,1-2,5-6,9H2,(H,10,11)/t7-/m1/s1. The highest BCUT2D eigenvalue weighted by molar-refractivity contribution is 7.89. The second-order valence-corrected chi connectivity index (χ2v) is 5.59. The maximum absolute atomic E-state index is 12.0. The van der Waals surface area contributed by atoms with Crippen LogP contribution in [0.1, 0.15) is 12.8 Å². The molecular formula is C8H14N4O2S. The summed E-state index contributed by atoms with van der Waals surface area (Å²) >= 11 is 0. The van der Waals surface area contributed by atoms with E-state index < -0.39 is 10.0 Å². The Balaban J connectivity index is 2.22. The molecule has 1 aliphatic rings. The minimum atomic E-state index is -3.42. The van der Waals surface area contributed by atoms with E-state index in [1.54, 1.807) is 0 Å². The van der Waals surface area contributed by atoms with E-state index >= 15 is 0 Å². The van der Waals surface area contributed by atoms with Crippen molar-refractivity contribution in [1.29, 1.82) is 0 Å². The number of nitrogens with one attached hydrogen (secondary N) is 1. The van der Waals surface area contributed by atoms with Gasteiger partial charge in [0.25, 0.3) is 10.0 Å². The SMILES string of the molecule is N[C@@H]1CCCN(S(=O)(=O)c2ccn[nH]2)C1. The van der Waals surface area contributed by atoms with Crippen LogP contribution in [0.2, 0.25) is 0 Å². The molecular weight excluding hydrogens is 216 g/mol. The van der Waals surface area contributed by atoms with Crippen LogP contribution in [0.15, 0.2) is 17.3 Å². The van der Waals surface area contributed by atoms with Gasteiger partial charge in [0.1, 0.15) is 0 Å². The second-order valence-electron chi connectivity index (χ2n) is 3.69. The van der Waals surface area contributed by atoms with E-state index in [1.165, 1.54) is 16.6 Å². The van der Waals surface area contributed by atoms with E-state index in [4.69, 9.17) is 5.73 Å². The van der Waals surface area contributed by atoms with Crippen molar-refractivity contribution in [3.8, 4) is 0 Å². The first-order valence-corrected chi connectivity index (χ1v) is 6.30. The van der Waals surface area contributed by atoms with Gasteiger partial charge in [0, 0.05) is 19.1 Å². The molecule has 0 aromatic carbocycles. The van der Waals surface area contributed by atoms with Gasteiger partial charge >= 0.3 is 0 Å². The van der Waals surface area contributed by atoms with Crippen molar-refractivity contribution in [2.45, 2.75) is 23.9 Å². The fraction of sp³-hybridized carbons (Fsp3) is 0.625. The van der Waals surface area contributed by atoms with Crippen molar-refractivity contribution in [3.05, 3.63) is 12.3 Å². The third-order valence-electron chi connectivity index (χ3n) is 2.51. The van der Waals surface area contributed by atoms with Gasteiger partial charge in [0.05, 0.1) is 6.20 Å². The van der Waals surface area contributed by atoms with Crippen LogP contribution in [-0.2, 0) is 10.0 Å². The minimum absolute atomic E-state index is 0.0588. The number of H-pyrrole nitrogens is 1. The van der Waals surface area contributed by atoms with E-state index in [0.717, 1.165) is 12.8 Å². The summed E-state index contributed by atoms with van der Waals surface area (Å²) in [6.45, 7) is 0.927. The summed E-state index contributed by atoms with van der Waals surface area (Å²) < 4.78 is 25.4. The maximum Gasteiger partial charge on any atom is 0.260 e. The molecule has 1 aromatic heterocycles. The fourth-order valence-corrected chi connectivity index (χ4v) is 3.15. The van der Waals surface area contributed by atoms with Gasteiger partial charge in [-0.05, 0) is 18.9 Å². The van der Waals surface area contributed by atoms with Crippen molar-refractivity contribution >= 4 is 10.0 Å². The number of rotatable bonds is 2. The van der Waals surface area contributed by atoms with Gasteiger partial charge < -0.3 is 5.73 Å². The Labute approximate surface area is 88.5 Å². The van der Waals surface area contributed by atoms with Crippen LogP contribution >= 0.6 is 0 Å². The molecule has 1 fully saturated rings. The lowest BCUT2D eigenvalue weighted by atomic mass is 10.1. The average molecular weight is 230 g/mol. The molecule has 1 aromatic rings. The number of nitrogens with two attached hydrogens (primary N) is 1. The predicted octanol–water partition coefficient (Wildman–Crippen LogP) is -0.479. The van der Waals surface area contributed by atoms with Crippen LogP contribution in [0, 0.1) is 0 Å². The topological polar surface area (TPSA) is 92.1 Å². The van der Waals surface area contributed by atoms with Crippen LogP contribution in [0.25, 0.3) is 0 Å². The molecule has 0 radical (unpaired) electrons. The number of aromatic amines is 1. The summed E-state index contributed by atoms with van der Waals surface area (Å²) in [4.78, 5) is 0. The Morgan fingerprint density at radius 2 is 2.40 bits per heavy atom. The van der Waals surface area contributed by atoms with Crippen LogP contribution in [0.3, 0.4) is 0 Å². The molecule has 7 heteroatoms. The summed E-state index contributed by atoms with van der Waals surface area (Å²) in [7, 11) is -3.42. The summed E-state index contributed by atoms with van der Waals surface area (Å²) in [5.74, 6) is 0. The first kappa shape index (κ1) is 10.6. The summed E-state index contributed by atoms with van der Waals surface area (Å²) in [6, 6.07) is 1.39. The molecule has 0 amide bonds. The molecule has 2 heterocycles. The van der Waals surface area contributed by atoms with Gasteiger partial charge in [-0.3, -0.25) is 5.10 Å². The van der Waals surface area contributed by atoms with Crippen LogP contribution in [0.4, 0.5) is 0 Å². The summed E-state index contributed by atoms with van der Waals surface area (Å²) in [5.41, 5.74) is 5.74. The molecule has 84 valence electrons. The number of piperidine rings is 1. The molecule has 0 saturated carbocycles. The highest BCUT2D eigenvalue weighted by Gasteiger charge is 2.29. The number of hydrogen-bond acceptors (Lipinski definition) is 4. The van der Waals surface area contributed by atoms with E-state index in [-0.39, 0.29) is 11.1 Å². The Bertz CT molecular complexity index is 414. The van der Waals surface area contributed by atoms with Crippen LogP contribution in [0.5, 0.6) is 0 Å². The van der Waals surface area contributed by atoms with Gasteiger partial charge in [-0.25, -0.2) is 8.42 Å². The number of hydrogen-bond donors (Lipinski definition) is 2. The summed E-state index contributed by atoms with van der Waals surface area (Å²) in [5, 5.41) is 6.25. The van der Waals surface area contributed by atoms with E-state index in [1.807, 2.05) is 0 Å². The van der Waals surface area contributed by atoms with Gasteiger partial charge in [0.15, 0.2) is 5.03 Å². The lowest BCUT2D eigenvalue weighted by molar-refractivity contribution is 0.315. The quantitative estimate of drug-likeness (QED) is 0.718. The molecule has 6 nitrogen and oxygen atoms in total.